The third-order valence-corrected chi connectivity index (χ3v) is 4.49. The molecule has 0 aliphatic rings. The monoisotopic (exact) mass is 359 g/mol. The summed E-state index contributed by atoms with van der Waals surface area (Å²) in [5.74, 6) is -0.240. The van der Waals surface area contributed by atoms with Gasteiger partial charge in [-0.15, -0.1) is 0 Å². The second-order valence-electron chi connectivity index (χ2n) is 6.01. The van der Waals surface area contributed by atoms with Crippen LogP contribution in [0.3, 0.4) is 0 Å². The standard InChI is InChI=1S/C20H26FN3S/c1-4-24(5-2)14-19(16-9-7-6-8-10-16)23-20(25)22-17-12-11-15(3)18(21)13-17/h6-13,19H,4-5,14H2,1-3H3,(H2,22,23,25)/t19-/m0/s1. The van der Waals surface area contributed by atoms with Gasteiger partial charge < -0.3 is 15.5 Å². The van der Waals surface area contributed by atoms with Crippen LogP contribution in [0.25, 0.3) is 0 Å². The number of aryl methyl sites for hydroxylation is 1. The quantitative estimate of drug-likeness (QED) is 0.712. The van der Waals surface area contributed by atoms with E-state index in [9.17, 15) is 4.39 Å². The van der Waals surface area contributed by atoms with Crippen LogP contribution in [0.4, 0.5) is 10.1 Å². The molecule has 0 amide bonds. The number of nitrogens with zero attached hydrogens (tertiary/aromatic N) is 1. The molecule has 2 N–H and O–H groups in total. The number of nitrogens with one attached hydrogen (secondary N) is 2. The summed E-state index contributed by atoms with van der Waals surface area (Å²) in [7, 11) is 0. The lowest BCUT2D eigenvalue weighted by Crippen LogP contribution is -2.39. The van der Waals surface area contributed by atoms with Crippen molar-refractivity contribution in [1.82, 2.24) is 10.2 Å². The number of rotatable bonds is 7. The summed E-state index contributed by atoms with van der Waals surface area (Å²) in [6.45, 7) is 8.84. The Morgan fingerprint density at radius 1 is 1.12 bits per heavy atom. The number of benzene rings is 2. The Morgan fingerprint density at radius 3 is 2.40 bits per heavy atom. The highest BCUT2D eigenvalue weighted by atomic mass is 32.1. The number of likely N-dealkylation sites (N-methyl/N-ethyl adjacent to an activating group) is 1. The van der Waals surface area contributed by atoms with Gasteiger partial charge in [-0.1, -0.05) is 50.2 Å². The lowest BCUT2D eigenvalue weighted by atomic mass is 10.1. The maximum Gasteiger partial charge on any atom is 0.171 e. The van der Waals surface area contributed by atoms with E-state index in [0.29, 0.717) is 16.4 Å². The molecule has 0 aliphatic heterocycles. The van der Waals surface area contributed by atoms with Crippen LogP contribution in [-0.4, -0.2) is 29.6 Å². The van der Waals surface area contributed by atoms with Crippen molar-refractivity contribution in [3.8, 4) is 0 Å². The topological polar surface area (TPSA) is 27.3 Å². The third-order valence-electron chi connectivity index (χ3n) is 4.27. The molecule has 0 saturated carbocycles. The summed E-state index contributed by atoms with van der Waals surface area (Å²) in [5, 5.41) is 6.94. The van der Waals surface area contributed by atoms with Gasteiger partial charge in [-0.3, -0.25) is 0 Å². The van der Waals surface area contributed by atoms with E-state index in [1.54, 1.807) is 13.0 Å². The first-order valence-electron chi connectivity index (χ1n) is 8.64. The molecule has 25 heavy (non-hydrogen) atoms. The largest absolute Gasteiger partial charge is 0.354 e. The van der Waals surface area contributed by atoms with Gasteiger partial charge in [0.15, 0.2) is 5.11 Å². The van der Waals surface area contributed by atoms with Crippen molar-refractivity contribution in [2.24, 2.45) is 0 Å². The zero-order valence-electron chi connectivity index (χ0n) is 15.1. The normalized spacial score (nSPS) is 12.0. The van der Waals surface area contributed by atoms with Crippen molar-refractivity contribution in [2.75, 3.05) is 25.0 Å². The lowest BCUT2D eigenvalue weighted by Gasteiger charge is -2.27. The zero-order valence-corrected chi connectivity index (χ0v) is 15.9. The van der Waals surface area contributed by atoms with Gasteiger partial charge >= 0.3 is 0 Å². The summed E-state index contributed by atoms with van der Waals surface area (Å²) in [6.07, 6.45) is 0. The molecule has 0 aliphatic carbocycles. The van der Waals surface area contributed by atoms with Crippen LogP contribution < -0.4 is 10.6 Å². The number of anilines is 1. The molecule has 2 aromatic rings. The molecule has 0 saturated heterocycles. The summed E-state index contributed by atoms with van der Waals surface area (Å²) in [6, 6.07) is 15.3. The highest BCUT2D eigenvalue weighted by molar-refractivity contribution is 7.80. The first kappa shape index (κ1) is 19.3. The molecule has 2 rings (SSSR count). The fraction of sp³-hybridized carbons (Fsp3) is 0.350. The van der Waals surface area contributed by atoms with Crippen molar-refractivity contribution >= 4 is 23.0 Å². The van der Waals surface area contributed by atoms with Crippen LogP contribution in [-0.2, 0) is 0 Å². The molecule has 0 fully saturated rings. The predicted molar refractivity (Wildman–Crippen MR) is 107 cm³/mol. The minimum absolute atomic E-state index is 0.0661. The molecule has 1 atom stereocenters. The Bertz CT molecular complexity index is 687. The Hall–Kier alpha value is -1.98. The Morgan fingerprint density at radius 2 is 1.80 bits per heavy atom. The van der Waals surface area contributed by atoms with E-state index in [1.165, 1.54) is 11.6 Å². The highest BCUT2D eigenvalue weighted by Crippen LogP contribution is 2.16. The smallest absolute Gasteiger partial charge is 0.171 e. The van der Waals surface area contributed by atoms with Crippen molar-refractivity contribution in [3.05, 3.63) is 65.5 Å². The Kier molecular flexibility index (Phi) is 7.34. The Labute approximate surface area is 155 Å². The van der Waals surface area contributed by atoms with E-state index < -0.39 is 0 Å². The molecule has 2 aromatic carbocycles. The Balaban J connectivity index is 2.09. The summed E-state index contributed by atoms with van der Waals surface area (Å²) < 4.78 is 13.7. The SMILES string of the molecule is CCN(CC)C[C@H](NC(=S)Nc1ccc(C)c(F)c1)c1ccccc1. The molecule has 3 nitrogen and oxygen atoms in total. The van der Waals surface area contributed by atoms with Crippen molar-refractivity contribution in [1.29, 1.82) is 0 Å². The highest BCUT2D eigenvalue weighted by Gasteiger charge is 2.15. The predicted octanol–water partition coefficient (Wildman–Crippen LogP) is 4.50. The second-order valence-corrected chi connectivity index (χ2v) is 6.42. The van der Waals surface area contributed by atoms with Crippen molar-refractivity contribution in [3.63, 3.8) is 0 Å². The van der Waals surface area contributed by atoms with Gasteiger partial charge in [0, 0.05) is 12.2 Å². The van der Waals surface area contributed by atoms with Gasteiger partial charge in [0.05, 0.1) is 6.04 Å². The van der Waals surface area contributed by atoms with Crippen molar-refractivity contribution < 1.29 is 4.39 Å². The van der Waals surface area contributed by atoms with Gasteiger partial charge in [0.25, 0.3) is 0 Å². The molecule has 0 spiro atoms. The van der Waals surface area contributed by atoms with Crippen molar-refractivity contribution in [2.45, 2.75) is 26.8 Å². The fourth-order valence-corrected chi connectivity index (χ4v) is 2.92. The van der Waals surface area contributed by atoms with E-state index in [1.807, 2.05) is 24.3 Å². The molecular weight excluding hydrogens is 333 g/mol. The molecule has 0 radical (unpaired) electrons. The minimum Gasteiger partial charge on any atom is -0.354 e. The van der Waals surface area contributed by atoms with E-state index in [4.69, 9.17) is 12.2 Å². The van der Waals surface area contributed by atoms with Crippen LogP contribution in [0.1, 0.15) is 31.0 Å². The fourth-order valence-electron chi connectivity index (χ4n) is 2.66. The third kappa shape index (κ3) is 5.80. The van der Waals surface area contributed by atoms with Gasteiger partial charge in [-0.2, -0.15) is 0 Å². The van der Waals surface area contributed by atoms with Gasteiger partial charge in [-0.25, -0.2) is 4.39 Å². The number of hydrogen-bond acceptors (Lipinski definition) is 2. The van der Waals surface area contributed by atoms with Gasteiger partial charge in [-0.05, 0) is 55.5 Å². The van der Waals surface area contributed by atoms with E-state index >= 15 is 0 Å². The number of halogens is 1. The molecule has 134 valence electrons. The molecule has 0 unspecified atom stereocenters. The first-order chi connectivity index (χ1) is 12.0. The van der Waals surface area contributed by atoms with E-state index in [0.717, 1.165) is 19.6 Å². The minimum atomic E-state index is -0.240. The van der Waals surface area contributed by atoms with E-state index in [2.05, 4.69) is 41.5 Å². The maximum absolute atomic E-state index is 13.7. The molecule has 0 bridgehead atoms. The molecule has 0 heterocycles. The average Bonchev–Trinajstić information content (AvgIpc) is 2.62. The molecular formula is C20H26FN3S. The maximum atomic E-state index is 13.7. The second kappa shape index (κ2) is 9.49. The summed E-state index contributed by atoms with van der Waals surface area (Å²) in [5.41, 5.74) is 2.44. The van der Waals surface area contributed by atoms with Crippen LogP contribution >= 0.6 is 12.2 Å². The van der Waals surface area contributed by atoms with Gasteiger partial charge in [0.1, 0.15) is 5.82 Å². The molecule has 0 aromatic heterocycles. The van der Waals surface area contributed by atoms with Crippen LogP contribution in [0.15, 0.2) is 48.5 Å². The summed E-state index contributed by atoms with van der Waals surface area (Å²) in [4.78, 5) is 2.35. The van der Waals surface area contributed by atoms with Crippen LogP contribution in [0.2, 0.25) is 0 Å². The lowest BCUT2D eigenvalue weighted by molar-refractivity contribution is 0.277. The van der Waals surface area contributed by atoms with Crippen LogP contribution in [0, 0.1) is 12.7 Å². The first-order valence-corrected chi connectivity index (χ1v) is 9.05. The molecule has 5 heteroatoms. The van der Waals surface area contributed by atoms with Crippen LogP contribution in [0.5, 0.6) is 0 Å². The van der Waals surface area contributed by atoms with E-state index in [-0.39, 0.29) is 11.9 Å². The average molecular weight is 360 g/mol. The number of thiocarbonyl (C=S) groups is 1. The zero-order chi connectivity index (χ0) is 18.2. The summed E-state index contributed by atoms with van der Waals surface area (Å²) >= 11 is 5.45. The van der Waals surface area contributed by atoms with Gasteiger partial charge in [0.2, 0.25) is 0 Å². The number of hydrogen-bond donors (Lipinski definition) is 2.